The van der Waals surface area contributed by atoms with Gasteiger partial charge in [-0.15, -0.1) is 0 Å². The molecule has 0 atom stereocenters. The van der Waals surface area contributed by atoms with Gasteiger partial charge in [-0.1, -0.05) is 18.2 Å². The summed E-state index contributed by atoms with van der Waals surface area (Å²) in [5, 5.41) is 3.22. The number of benzene rings is 1. The Morgan fingerprint density at radius 1 is 1.11 bits per heavy atom. The summed E-state index contributed by atoms with van der Waals surface area (Å²) in [7, 11) is 0. The summed E-state index contributed by atoms with van der Waals surface area (Å²) < 4.78 is 5.58. The second-order valence-electron chi connectivity index (χ2n) is 4.03. The summed E-state index contributed by atoms with van der Waals surface area (Å²) >= 11 is 0. The molecule has 1 aromatic carbocycles. The molecule has 0 aliphatic heterocycles. The SMILES string of the molecule is Cc1cc(NCCOc2ccccc2)nc(C)n1. The second kappa shape index (κ2) is 6.00. The van der Waals surface area contributed by atoms with E-state index in [9.17, 15) is 0 Å². The van der Waals surface area contributed by atoms with E-state index in [1.165, 1.54) is 0 Å². The summed E-state index contributed by atoms with van der Waals surface area (Å²) in [6.07, 6.45) is 0. The average molecular weight is 243 g/mol. The van der Waals surface area contributed by atoms with Crippen molar-refractivity contribution in [1.29, 1.82) is 0 Å². The van der Waals surface area contributed by atoms with Gasteiger partial charge in [0.05, 0.1) is 6.54 Å². The Kier molecular flexibility index (Phi) is 4.12. The number of aromatic nitrogens is 2. The molecular weight excluding hydrogens is 226 g/mol. The van der Waals surface area contributed by atoms with E-state index >= 15 is 0 Å². The third-order valence-corrected chi connectivity index (χ3v) is 2.39. The smallest absolute Gasteiger partial charge is 0.130 e. The molecule has 0 radical (unpaired) electrons. The molecule has 0 saturated heterocycles. The number of nitrogens with zero attached hydrogens (tertiary/aromatic N) is 2. The fourth-order valence-corrected chi connectivity index (χ4v) is 1.67. The lowest BCUT2D eigenvalue weighted by Gasteiger charge is -2.08. The first-order chi connectivity index (χ1) is 8.74. The predicted octanol–water partition coefficient (Wildman–Crippen LogP) is 2.58. The van der Waals surface area contributed by atoms with Crippen LogP contribution >= 0.6 is 0 Å². The van der Waals surface area contributed by atoms with Gasteiger partial charge in [0.25, 0.3) is 0 Å². The van der Waals surface area contributed by atoms with E-state index < -0.39 is 0 Å². The molecule has 0 unspecified atom stereocenters. The van der Waals surface area contributed by atoms with Crippen LogP contribution in [0.5, 0.6) is 5.75 Å². The summed E-state index contributed by atoms with van der Waals surface area (Å²) in [4.78, 5) is 8.53. The van der Waals surface area contributed by atoms with Crippen molar-refractivity contribution in [3.05, 3.63) is 47.9 Å². The van der Waals surface area contributed by atoms with E-state index in [1.807, 2.05) is 50.2 Å². The van der Waals surface area contributed by atoms with E-state index in [0.717, 1.165) is 23.1 Å². The van der Waals surface area contributed by atoms with E-state index in [-0.39, 0.29) is 0 Å². The van der Waals surface area contributed by atoms with E-state index in [0.29, 0.717) is 13.2 Å². The first-order valence-corrected chi connectivity index (χ1v) is 5.98. The Morgan fingerprint density at radius 3 is 2.61 bits per heavy atom. The van der Waals surface area contributed by atoms with Crippen LogP contribution in [0.25, 0.3) is 0 Å². The van der Waals surface area contributed by atoms with Crippen LogP contribution in [0.2, 0.25) is 0 Å². The van der Waals surface area contributed by atoms with Gasteiger partial charge in [-0.25, -0.2) is 9.97 Å². The topological polar surface area (TPSA) is 47.0 Å². The maximum atomic E-state index is 5.58. The number of hydrogen-bond acceptors (Lipinski definition) is 4. The maximum Gasteiger partial charge on any atom is 0.130 e. The summed E-state index contributed by atoms with van der Waals surface area (Å²) in [6, 6.07) is 11.7. The lowest BCUT2D eigenvalue weighted by atomic mass is 10.3. The van der Waals surface area contributed by atoms with Crippen molar-refractivity contribution in [3.63, 3.8) is 0 Å². The molecule has 4 heteroatoms. The van der Waals surface area contributed by atoms with Crippen LogP contribution < -0.4 is 10.1 Å². The molecule has 2 rings (SSSR count). The highest BCUT2D eigenvalue weighted by atomic mass is 16.5. The molecule has 4 nitrogen and oxygen atoms in total. The van der Waals surface area contributed by atoms with Gasteiger partial charge in [-0.05, 0) is 26.0 Å². The molecule has 18 heavy (non-hydrogen) atoms. The summed E-state index contributed by atoms with van der Waals surface area (Å²) in [6.45, 7) is 5.16. The van der Waals surface area contributed by atoms with Crippen LogP contribution in [-0.4, -0.2) is 23.1 Å². The van der Waals surface area contributed by atoms with Crippen LogP contribution in [0.15, 0.2) is 36.4 Å². The lowest BCUT2D eigenvalue weighted by Crippen LogP contribution is -2.13. The Labute approximate surface area is 107 Å². The van der Waals surface area contributed by atoms with Crippen molar-refractivity contribution < 1.29 is 4.74 Å². The Hall–Kier alpha value is -2.10. The van der Waals surface area contributed by atoms with Crippen LogP contribution in [0.1, 0.15) is 11.5 Å². The van der Waals surface area contributed by atoms with Gasteiger partial charge in [-0.2, -0.15) is 0 Å². The molecule has 0 bridgehead atoms. The third kappa shape index (κ3) is 3.73. The Bertz CT molecular complexity index is 479. The molecule has 0 fully saturated rings. The highest BCUT2D eigenvalue weighted by molar-refractivity contribution is 5.35. The number of aryl methyl sites for hydroxylation is 2. The quantitative estimate of drug-likeness (QED) is 0.820. The zero-order valence-electron chi connectivity index (χ0n) is 10.7. The molecule has 0 saturated carbocycles. The van der Waals surface area contributed by atoms with Gasteiger partial charge in [0.15, 0.2) is 0 Å². The van der Waals surface area contributed by atoms with Crippen molar-refractivity contribution in [2.24, 2.45) is 0 Å². The first-order valence-electron chi connectivity index (χ1n) is 5.98. The fraction of sp³-hybridized carbons (Fsp3) is 0.286. The minimum absolute atomic E-state index is 0.603. The molecule has 94 valence electrons. The molecule has 2 aromatic rings. The van der Waals surface area contributed by atoms with E-state index in [2.05, 4.69) is 15.3 Å². The van der Waals surface area contributed by atoms with Gasteiger partial charge >= 0.3 is 0 Å². The lowest BCUT2D eigenvalue weighted by molar-refractivity contribution is 0.332. The van der Waals surface area contributed by atoms with Crippen LogP contribution in [0.3, 0.4) is 0 Å². The molecule has 1 N–H and O–H groups in total. The van der Waals surface area contributed by atoms with Crippen molar-refractivity contribution in [1.82, 2.24) is 9.97 Å². The number of anilines is 1. The van der Waals surface area contributed by atoms with E-state index in [1.54, 1.807) is 0 Å². The zero-order chi connectivity index (χ0) is 12.8. The number of para-hydroxylation sites is 1. The van der Waals surface area contributed by atoms with Crippen molar-refractivity contribution >= 4 is 5.82 Å². The van der Waals surface area contributed by atoms with E-state index in [4.69, 9.17) is 4.74 Å². The third-order valence-electron chi connectivity index (χ3n) is 2.39. The maximum absolute atomic E-state index is 5.58. The fourth-order valence-electron chi connectivity index (χ4n) is 1.67. The van der Waals surface area contributed by atoms with Gasteiger partial charge in [0, 0.05) is 11.8 Å². The molecule has 0 spiro atoms. The first kappa shape index (κ1) is 12.4. The largest absolute Gasteiger partial charge is 0.492 e. The minimum Gasteiger partial charge on any atom is -0.492 e. The van der Waals surface area contributed by atoms with Gasteiger partial charge in [-0.3, -0.25) is 0 Å². The zero-order valence-corrected chi connectivity index (χ0v) is 10.7. The molecule has 0 amide bonds. The number of ether oxygens (including phenoxy) is 1. The molecule has 1 heterocycles. The van der Waals surface area contributed by atoms with Gasteiger partial charge in [0.1, 0.15) is 24.0 Å². The monoisotopic (exact) mass is 243 g/mol. The van der Waals surface area contributed by atoms with Crippen molar-refractivity contribution in [2.75, 3.05) is 18.5 Å². The predicted molar refractivity (Wildman–Crippen MR) is 71.9 cm³/mol. The van der Waals surface area contributed by atoms with Crippen LogP contribution in [-0.2, 0) is 0 Å². The Balaban J connectivity index is 1.78. The molecule has 0 aliphatic rings. The van der Waals surface area contributed by atoms with Crippen LogP contribution in [0.4, 0.5) is 5.82 Å². The number of rotatable bonds is 5. The van der Waals surface area contributed by atoms with Crippen molar-refractivity contribution in [2.45, 2.75) is 13.8 Å². The number of hydrogen-bond donors (Lipinski definition) is 1. The normalized spacial score (nSPS) is 10.1. The van der Waals surface area contributed by atoms with Gasteiger partial charge in [0.2, 0.25) is 0 Å². The summed E-state index contributed by atoms with van der Waals surface area (Å²) in [5.74, 6) is 2.51. The van der Waals surface area contributed by atoms with Crippen molar-refractivity contribution in [3.8, 4) is 5.75 Å². The highest BCUT2D eigenvalue weighted by Crippen LogP contribution is 2.08. The highest BCUT2D eigenvalue weighted by Gasteiger charge is 1.98. The number of nitrogens with one attached hydrogen (secondary N) is 1. The van der Waals surface area contributed by atoms with Crippen LogP contribution in [0, 0.1) is 13.8 Å². The second-order valence-corrected chi connectivity index (χ2v) is 4.03. The molecular formula is C14H17N3O. The minimum atomic E-state index is 0.603. The molecule has 1 aromatic heterocycles. The summed E-state index contributed by atoms with van der Waals surface area (Å²) in [5.41, 5.74) is 0.967. The average Bonchev–Trinajstić information content (AvgIpc) is 2.35. The Morgan fingerprint density at radius 2 is 1.89 bits per heavy atom. The molecule has 0 aliphatic carbocycles. The van der Waals surface area contributed by atoms with Gasteiger partial charge < -0.3 is 10.1 Å². The standard InChI is InChI=1S/C14H17N3O/c1-11-10-14(17-12(2)16-11)15-8-9-18-13-6-4-3-5-7-13/h3-7,10H,8-9H2,1-2H3,(H,15,16,17).